The van der Waals surface area contributed by atoms with E-state index in [1.54, 1.807) is 9.80 Å². The van der Waals surface area contributed by atoms with Crippen LogP contribution in [0.15, 0.2) is 30.3 Å². The molecule has 166 valence electrons. The van der Waals surface area contributed by atoms with Crippen LogP contribution in [0, 0.1) is 0 Å². The van der Waals surface area contributed by atoms with Gasteiger partial charge < -0.3 is 19.9 Å². The highest BCUT2D eigenvalue weighted by molar-refractivity contribution is 5.93. The summed E-state index contributed by atoms with van der Waals surface area (Å²) in [5.74, 6) is 0.764. The summed E-state index contributed by atoms with van der Waals surface area (Å²) in [5, 5.41) is 7.42. The Balaban J connectivity index is 1.26. The number of amides is 3. The van der Waals surface area contributed by atoms with Gasteiger partial charge in [-0.25, -0.2) is 4.79 Å². The van der Waals surface area contributed by atoms with Gasteiger partial charge in [0.1, 0.15) is 5.75 Å². The van der Waals surface area contributed by atoms with Crippen molar-refractivity contribution in [1.82, 2.24) is 19.6 Å². The lowest BCUT2D eigenvalue weighted by atomic mass is 10.1. The zero-order valence-electron chi connectivity index (χ0n) is 18.2. The molecule has 0 radical (unpaired) electrons. The van der Waals surface area contributed by atoms with Crippen molar-refractivity contribution in [2.75, 3.05) is 38.1 Å². The maximum absolute atomic E-state index is 12.8. The normalized spacial score (nSPS) is 16.0. The minimum absolute atomic E-state index is 0.0411. The van der Waals surface area contributed by atoms with E-state index in [0.29, 0.717) is 38.5 Å². The van der Waals surface area contributed by atoms with Crippen molar-refractivity contribution < 1.29 is 14.3 Å². The minimum Gasteiger partial charge on any atom is -0.494 e. The van der Waals surface area contributed by atoms with Crippen LogP contribution in [-0.2, 0) is 13.0 Å². The number of fused-ring (bicyclic) bond motifs is 1. The summed E-state index contributed by atoms with van der Waals surface area (Å²) in [4.78, 5) is 29.0. The Bertz CT molecular complexity index is 877. The smallest absolute Gasteiger partial charge is 0.321 e. The molecule has 2 aliphatic heterocycles. The standard InChI is InChI=1S/C23H31N5O3/c1-2-3-16-31-20-9-7-18(8-10-20)24-23(30)27-14-12-26(13-15-27)22(29)21-17-19-6-4-5-11-28(19)25-21/h7-10,17H,2-6,11-16H2,1H3,(H,24,30). The number of nitrogens with zero attached hydrogens (tertiary/aromatic N) is 4. The molecule has 1 fully saturated rings. The fraction of sp³-hybridized carbons (Fsp3) is 0.522. The molecule has 2 aliphatic rings. The average Bonchev–Trinajstić information content (AvgIpc) is 3.24. The molecule has 0 spiro atoms. The van der Waals surface area contributed by atoms with Crippen molar-refractivity contribution in [3.63, 3.8) is 0 Å². The monoisotopic (exact) mass is 425 g/mol. The number of ether oxygens (including phenoxy) is 1. The number of aryl methyl sites for hydroxylation is 2. The molecule has 31 heavy (non-hydrogen) atoms. The number of unbranched alkanes of at least 4 members (excludes halogenated alkanes) is 1. The average molecular weight is 426 g/mol. The van der Waals surface area contributed by atoms with Gasteiger partial charge in [0.05, 0.1) is 6.61 Å². The molecular weight excluding hydrogens is 394 g/mol. The van der Waals surface area contributed by atoms with E-state index in [1.807, 2.05) is 35.0 Å². The van der Waals surface area contributed by atoms with E-state index in [9.17, 15) is 9.59 Å². The van der Waals surface area contributed by atoms with Crippen LogP contribution in [0.5, 0.6) is 5.75 Å². The molecule has 0 atom stereocenters. The molecule has 0 bridgehead atoms. The lowest BCUT2D eigenvalue weighted by Crippen LogP contribution is -2.51. The Kier molecular flexibility index (Phi) is 6.74. The van der Waals surface area contributed by atoms with Crippen LogP contribution < -0.4 is 10.1 Å². The van der Waals surface area contributed by atoms with Crippen molar-refractivity contribution in [2.24, 2.45) is 0 Å². The van der Waals surface area contributed by atoms with Gasteiger partial charge in [-0.1, -0.05) is 13.3 Å². The molecule has 0 unspecified atom stereocenters. The zero-order chi connectivity index (χ0) is 21.6. The SMILES string of the molecule is CCCCOc1ccc(NC(=O)N2CCN(C(=O)c3cc4n(n3)CCCC4)CC2)cc1. The summed E-state index contributed by atoms with van der Waals surface area (Å²) in [6.07, 6.45) is 5.37. The van der Waals surface area contributed by atoms with Crippen LogP contribution in [0.2, 0.25) is 0 Å². The number of carbonyl (C=O) groups is 2. The van der Waals surface area contributed by atoms with Gasteiger partial charge in [0, 0.05) is 44.1 Å². The molecule has 3 heterocycles. The van der Waals surface area contributed by atoms with E-state index < -0.39 is 0 Å². The number of hydrogen-bond donors (Lipinski definition) is 1. The Hall–Kier alpha value is -3.03. The van der Waals surface area contributed by atoms with E-state index in [1.165, 1.54) is 0 Å². The first-order valence-electron chi connectivity index (χ1n) is 11.3. The molecule has 1 aromatic heterocycles. The quantitative estimate of drug-likeness (QED) is 0.720. The summed E-state index contributed by atoms with van der Waals surface area (Å²) in [6, 6.07) is 9.21. The Morgan fingerprint density at radius 2 is 1.77 bits per heavy atom. The van der Waals surface area contributed by atoms with E-state index in [4.69, 9.17) is 4.74 Å². The van der Waals surface area contributed by atoms with Gasteiger partial charge in [-0.15, -0.1) is 0 Å². The second-order valence-electron chi connectivity index (χ2n) is 8.14. The highest BCUT2D eigenvalue weighted by atomic mass is 16.5. The predicted molar refractivity (Wildman–Crippen MR) is 119 cm³/mol. The molecule has 1 saturated heterocycles. The number of carbonyl (C=O) groups excluding carboxylic acids is 2. The van der Waals surface area contributed by atoms with Crippen LogP contribution in [0.25, 0.3) is 0 Å². The highest BCUT2D eigenvalue weighted by Gasteiger charge is 2.27. The van der Waals surface area contributed by atoms with Crippen LogP contribution in [0.4, 0.5) is 10.5 Å². The van der Waals surface area contributed by atoms with Crippen molar-refractivity contribution in [2.45, 2.75) is 45.6 Å². The molecule has 1 aromatic carbocycles. The van der Waals surface area contributed by atoms with E-state index in [0.717, 1.165) is 55.8 Å². The predicted octanol–water partition coefficient (Wildman–Crippen LogP) is 3.39. The number of aromatic nitrogens is 2. The third-order valence-corrected chi connectivity index (χ3v) is 5.86. The van der Waals surface area contributed by atoms with Crippen molar-refractivity contribution in [3.05, 3.63) is 41.7 Å². The largest absolute Gasteiger partial charge is 0.494 e. The molecule has 8 heteroatoms. The van der Waals surface area contributed by atoms with Gasteiger partial charge in [0.15, 0.2) is 5.69 Å². The van der Waals surface area contributed by atoms with Crippen LogP contribution >= 0.6 is 0 Å². The lowest BCUT2D eigenvalue weighted by molar-refractivity contribution is 0.0665. The van der Waals surface area contributed by atoms with Gasteiger partial charge in [-0.05, 0) is 56.0 Å². The number of benzene rings is 1. The van der Waals surface area contributed by atoms with Crippen LogP contribution in [0.1, 0.15) is 48.8 Å². The molecule has 0 aliphatic carbocycles. The maximum atomic E-state index is 12.8. The topological polar surface area (TPSA) is 79.7 Å². The molecule has 4 rings (SSSR count). The molecule has 1 N–H and O–H groups in total. The second-order valence-corrected chi connectivity index (χ2v) is 8.14. The number of rotatable bonds is 6. The Morgan fingerprint density at radius 3 is 2.48 bits per heavy atom. The molecule has 3 amide bonds. The first-order chi connectivity index (χ1) is 15.1. The molecular formula is C23H31N5O3. The lowest BCUT2D eigenvalue weighted by Gasteiger charge is -2.34. The highest BCUT2D eigenvalue weighted by Crippen LogP contribution is 2.19. The summed E-state index contributed by atoms with van der Waals surface area (Å²) in [7, 11) is 0. The molecule has 8 nitrogen and oxygen atoms in total. The van der Waals surface area contributed by atoms with E-state index >= 15 is 0 Å². The summed E-state index contributed by atoms with van der Waals surface area (Å²) >= 11 is 0. The summed E-state index contributed by atoms with van der Waals surface area (Å²) < 4.78 is 7.61. The summed E-state index contributed by atoms with van der Waals surface area (Å²) in [5.41, 5.74) is 2.40. The first-order valence-corrected chi connectivity index (χ1v) is 11.3. The first kappa shape index (κ1) is 21.2. The van der Waals surface area contributed by atoms with Gasteiger partial charge in [-0.2, -0.15) is 5.10 Å². The van der Waals surface area contributed by atoms with Gasteiger partial charge in [0.25, 0.3) is 5.91 Å². The van der Waals surface area contributed by atoms with Gasteiger partial charge in [0.2, 0.25) is 0 Å². The van der Waals surface area contributed by atoms with Crippen molar-refractivity contribution in [1.29, 1.82) is 0 Å². The zero-order valence-corrected chi connectivity index (χ0v) is 18.2. The number of nitrogens with one attached hydrogen (secondary N) is 1. The maximum Gasteiger partial charge on any atom is 0.321 e. The second kappa shape index (κ2) is 9.85. The number of urea groups is 1. The van der Waals surface area contributed by atoms with E-state index in [-0.39, 0.29) is 11.9 Å². The van der Waals surface area contributed by atoms with Crippen LogP contribution in [-0.4, -0.2) is 64.3 Å². The number of anilines is 1. The summed E-state index contributed by atoms with van der Waals surface area (Å²) in [6.45, 7) is 5.75. The Morgan fingerprint density at radius 1 is 1.03 bits per heavy atom. The third-order valence-electron chi connectivity index (χ3n) is 5.86. The molecule has 2 aromatic rings. The van der Waals surface area contributed by atoms with E-state index in [2.05, 4.69) is 17.3 Å². The van der Waals surface area contributed by atoms with Gasteiger partial charge in [-0.3, -0.25) is 9.48 Å². The molecule has 0 saturated carbocycles. The fourth-order valence-corrected chi connectivity index (χ4v) is 3.97. The van der Waals surface area contributed by atoms with Crippen molar-refractivity contribution in [3.8, 4) is 5.75 Å². The fourth-order valence-electron chi connectivity index (χ4n) is 3.97. The Labute approximate surface area is 183 Å². The number of hydrogen-bond acceptors (Lipinski definition) is 4. The number of piperazine rings is 1. The third kappa shape index (κ3) is 5.18. The van der Waals surface area contributed by atoms with Gasteiger partial charge >= 0.3 is 6.03 Å². The van der Waals surface area contributed by atoms with Crippen LogP contribution in [0.3, 0.4) is 0 Å². The minimum atomic E-state index is -0.149. The van der Waals surface area contributed by atoms with Crippen molar-refractivity contribution >= 4 is 17.6 Å².